The van der Waals surface area contributed by atoms with Gasteiger partial charge >= 0.3 is 0 Å². The molecule has 1 aliphatic rings. The van der Waals surface area contributed by atoms with Gasteiger partial charge in [-0.25, -0.2) is 0 Å². The molecule has 1 fully saturated rings. The third-order valence-electron chi connectivity index (χ3n) is 6.91. The second-order valence-corrected chi connectivity index (χ2v) is 10.7. The third-order valence-corrected chi connectivity index (χ3v) is 7.51. The number of ether oxygens (including phenoxy) is 1. The summed E-state index contributed by atoms with van der Waals surface area (Å²) in [6.45, 7) is 16.7. The van der Waals surface area contributed by atoms with E-state index in [0.717, 1.165) is 54.0 Å². The van der Waals surface area contributed by atoms with Crippen molar-refractivity contribution >= 4 is 51.2 Å². The summed E-state index contributed by atoms with van der Waals surface area (Å²) in [6.07, 6.45) is 5.40. The van der Waals surface area contributed by atoms with Crippen LogP contribution in [0.15, 0.2) is 55.4 Å². The van der Waals surface area contributed by atoms with Gasteiger partial charge in [0.2, 0.25) is 0 Å². The first-order chi connectivity index (χ1) is 19.3. The Morgan fingerprint density at radius 1 is 1.07 bits per heavy atom. The minimum atomic E-state index is -0.362. The molecule has 4 aromatic rings. The zero-order chi connectivity index (χ0) is 28.6. The van der Waals surface area contributed by atoms with Crippen molar-refractivity contribution in [1.29, 1.82) is 0 Å². The minimum absolute atomic E-state index is 0.362. The number of anilines is 2. The smallest absolute Gasteiger partial charge is 0.124 e. The standard InChI is InChI=1S/C27H28Cl2N6O.C4H10/c1-16-12-19(35-10-8-30-9-11-35)4-6-24(16)32-17(2)27-21-13-20(5-7-25(21)33-34-27)36-18(3)26-22(28)14-31-15-23(26)29;1-3-4-2/h4-7,12-15,18,30,32H,2,8-11H2,1,3H3,(H,33,34);3-4H2,1-2H3. The van der Waals surface area contributed by atoms with E-state index in [1.165, 1.54) is 18.5 Å². The largest absolute Gasteiger partial charge is 0.486 e. The van der Waals surface area contributed by atoms with Crippen molar-refractivity contribution in [2.24, 2.45) is 0 Å². The number of rotatable bonds is 8. The first-order valence-electron chi connectivity index (χ1n) is 13.8. The number of H-pyrrole nitrogens is 1. The van der Waals surface area contributed by atoms with Gasteiger partial charge in [-0.05, 0) is 55.8 Å². The lowest BCUT2D eigenvalue weighted by molar-refractivity contribution is 0.227. The van der Waals surface area contributed by atoms with Gasteiger partial charge in [0.15, 0.2) is 0 Å². The van der Waals surface area contributed by atoms with Gasteiger partial charge in [0.25, 0.3) is 0 Å². The molecule has 0 bridgehead atoms. The Balaban J connectivity index is 0.000000867. The highest BCUT2D eigenvalue weighted by Crippen LogP contribution is 2.34. The summed E-state index contributed by atoms with van der Waals surface area (Å²) < 4.78 is 6.18. The molecule has 0 radical (unpaired) electrons. The molecule has 1 saturated heterocycles. The molecule has 7 nitrogen and oxygen atoms in total. The number of nitrogens with one attached hydrogen (secondary N) is 3. The van der Waals surface area contributed by atoms with E-state index < -0.39 is 0 Å². The number of aromatic amines is 1. The van der Waals surface area contributed by atoms with Crippen LogP contribution in [0.2, 0.25) is 10.0 Å². The van der Waals surface area contributed by atoms with E-state index in [9.17, 15) is 0 Å². The van der Waals surface area contributed by atoms with E-state index in [2.05, 4.69) is 76.3 Å². The fourth-order valence-electron chi connectivity index (χ4n) is 4.50. The number of aromatic nitrogens is 3. The maximum atomic E-state index is 6.31. The quantitative estimate of drug-likeness (QED) is 0.196. The Morgan fingerprint density at radius 3 is 2.42 bits per heavy atom. The molecule has 0 aliphatic carbocycles. The number of benzene rings is 2. The molecule has 1 aliphatic heterocycles. The van der Waals surface area contributed by atoms with Gasteiger partial charge in [-0.15, -0.1) is 0 Å². The molecule has 9 heteroatoms. The molecule has 2 aromatic heterocycles. The molecule has 1 atom stereocenters. The summed E-state index contributed by atoms with van der Waals surface area (Å²) in [5.41, 5.74) is 6.40. The topological polar surface area (TPSA) is 78.1 Å². The second-order valence-electron chi connectivity index (χ2n) is 9.90. The van der Waals surface area contributed by atoms with Gasteiger partial charge < -0.3 is 20.3 Å². The van der Waals surface area contributed by atoms with Crippen molar-refractivity contribution in [2.75, 3.05) is 36.4 Å². The van der Waals surface area contributed by atoms with Crippen LogP contribution in [-0.2, 0) is 0 Å². The summed E-state index contributed by atoms with van der Waals surface area (Å²) >= 11 is 12.6. The summed E-state index contributed by atoms with van der Waals surface area (Å²) in [5.74, 6) is 0.672. The molecular formula is C31H38Cl2N6O. The molecule has 40 heavy (non-hydrogen) atoms. The van der Waals surface area contributed by atoms with E-state index in [-0.39, 0.29) is 6.10 Å². The van der Waals surface area contributed by atoms with Crippen molar-refractivity contribution in [2.45, 2.75) is 46.6 Å². The van der Waals surface area contributed by atoms with Crippen molar-refractivity contribution in [3.8, 4) is 5.75 Å². The average molecular weight is 582 g/mol. The number of pyridine rings is 1. The minimum Gasteiger partial charge on any atom is -0.486 e. The van der Waals surface area contributed by atoms with Gasteiger partial charge in [-0.3, -0.25) is 10.1 Å². The van der Waals surface area contributed by atoms with Crippen LogP contribution in [0.1, 0.15) is 56.5 Å². The van der Waals surface area contributed by atoms with Crippen LogP contribution < -0.4 is 20.3 Å². The molecule has 0 saturated carbocycles. The lowest BCUT2D eigenvalue weighted by atomic mass is 10.1. The van der Waals surface area contributed by atoms with E-state index >= 15 is 0 Å². The number of halogens is 2. The van der Waals surface area contributed by atoms with Crippen molar-refractivity contribution < 1.29 is 4.74 Å². The van der Waals surface area contributed by atoms with Crippen LogP contribution in [0, 0.1) is 6.92 Å². The molecule has 3 N–H and O–H groups in total. The molecular weight excluding hydrogens is 543 g/mol. The average Bonchev–Trinajstić information content (AvgIpc) is 3.38. The van der Waals surface area contributed by atoms with Gasteiger partial charge in [-0.1, -0.05) is 56.5 Å². The normalized spacial score (nSPS) is 13.9. The highest BCUT2D eigenvalue weighted by molar-refractivity contribution is 6.35. The van der Waals surface area contributed by atoms with Crippen LogP contribution in [0.4, 0.5) is 11.4 Å². The van der Waals surface area contributed by atoms with Gasteiger partial charge in [0, 0.05) is 60.9 Å². The summed E-state index contributed by atoms with van der Waals surface area (Å²) in [7, 11) is 0. The molecule has 212 valence electrons. The van der Waals surface area contributed by atoms with Gasteiger partial charge in [0.1, 0.15) is 17.5 Å². The fraction of sp³-hybridized carbons (Fsp3) is 0.355. The predicted octanol–water partition coefficient (Wildman–Crippen LogP) is 8.01. The van der Waals surface area contributed by atoms with E-state index in [0.29, 0.717) is 27.1 Å². The van der Waals surface area contributed by atoms with Crippen LogP contribution in [0.5, 0.6) is 5.75 Å². The number of hydrogen-bond acceptors (Lipinski definition) is 6. The zero-order valence-electron chi connectivity index (χ0n) is 23.7. The molecule has 2 aromatic carbocycles. The summed E-state index contributed by atoms with van der Waals surface area (Å²) in [6, 6.07) is 12.2. The number of piperazine rings is 1. The molecule has 1 unspecified atom stereocenters. The van der Waals surface area contributed by atoms with Crippen LogP contribution >= 0.6 is 23.2 Å². The Kier molecular flexibility index (Phi) is 10.3. The van der Waals surface area contributed by atoms with E-state index in [1.807, 2.05) is 25.1 Å². The summed E-state index contributed by atoms with van der Waals surface area (Å²) in [4.78, 5) is 6.42. The predicted molar refractivity (Wildman–Crippen MR) is 169 cm³/mol. The first kappa shape index (κ1) is 29.7. The van der Waals surface area contributed by atoms with Crippen molar-refractivity contribution in [3.05, 3.63) is 82.2 Å². The Bertz CT molecular complexity index is 1430. The number of aryl methyl sites for hydroxylation is 1. The SMILES string of the molecule is C=C(Nc1ccc(N2CCNCC2)cc1C)c1n[nH]c2ccc(OC(C)c3c(Cl)cncc3Cl)cc12.CCCC. The zero-order valence-corrected chi connectivity index (χ0v) is 25.2. The molecule has 0 amide bonds. The van der Waals surface area contributed by atoms with Crippen molar-refractivity contribution in [1.82, 2.24) is 20.5 Å². The lowest BCUT2D eigenvalue weighted by Gasteiger charge is -2.30. The Labute approximate surface area is 246 Å². The highest BCUT2D eigenvalue weighted by Gasteiger charge is 2.18. The fourth-order valence-corrected chi connectivity index (χ4v) is 5.17. The first-order valence-corrected chi connectivity index (χ1v) is 14.5. The second kappa shape index (κ2) is 13.9. The van der Waals surface area contributed by atoms with Crippen LogP contribution in [0.3, 0.4) is 0 Å². The van der Waals surface area contributed by atoms with Crippen LogP contribution in [-0.4, -0.2) is 41.4 Å². The highest BCUT2D eigenvalue weighted by atomic mass is 35.5. The number of unbranched alkanes of at least 4 members (excludes halogenated alkanes) is 1. The number of hydrogen-bond donors (Lipinski definition) is 3. The maximum Gasteiger partial charge on any atom is 0.124 e. The molecule has 0 spiro atoms. The maximum absolute atomic E-state index is 6.31. The summed E-state index contributed by atoms with van der Waals surface area (Å²) in [5, 5.41) is 16.3. The van der Waals surface area contributed by atoms with Crippen molar-refractivity contribution in [3.63, 3.8) is 0 Å². The molecule has 3 heterocycles. The Hall–Kier alpha value is -3.26. The monoisotopic (exact) mass is 580 g/mol. The van der Waals surface area contributed by atoms with Gasteiger partial charge in [0.05, 0.1) is 21.3 Å². The third kappa shape index (κ3) is 7.08. The van der Waals surface area contributed by atoms with E-state index in [4.69, 9.17) is 27.9 Å². The number of nitrogens with zero attached hydrogens (tertiary/aromatic N) is 3. The lowest BCUT2D eigenvalue weighted by Crippen LogP contribution is -2.43. The van der Waals surface area contributed by atoms with Gasteiger partial charge in [-0.2, -0.15) is 5.10 Å². The Morgan fingerprint density at radius 2 is 1.77 bits per heavy atom. The number of fused-ring (bicyclic) bond motifs is 1. The van der Waals surface area contributed by atoms with E-state index in [1.54, 1.807) is 12.4 Å². The molecule has 5 rings (SSSR count). The van der Waals surface area contributed by atoms with Crippen LogP contribution in [0.25, 0.3) is 16.6 Å².